The summed E-state index contributed by atoms with van der Waals surface area (Å²) in [6.07, 6.45) is 7.38. The molecule has 1 aromatic carbocycles. The zero-order valence-corrected chi connectivity index (χ0v) is 15.0. The third kappa shape index (κ3) is 5.18. The molecule has 0 bridgehead atoms. The standard InChI is InChI=1S/C20H30N4/c1-16(2)12-17-5-7-18(8-6-17)14-24-11-3-4-19(15-24)23-13-20-21-9-10-22-20/h5-10,16,19,23H,3-4,11-15H2,1-2H3,(H,21,22). The Kier molecular flexibility index (Phi) is 6.05. The summed E-state index contributed by atoms with van der Waals surface area (Å²) in [5, 5.41) is 3.64. The number of piperidine rings is 1. The Hall–Kier alpha value is -1.65. The molecule has 1 saturated heterocycles. The Balaban J connectivity index is 1.47. The van der Waals surface area contributed by atoms with E-state index in [0.717, 1.165) is 31.4 Å². The van der Waals surface area contributed by atoms with Gasteiger partial charge in [0.15, 0.2) is 0 Å². The average molecular weight is 326 g/mol. The van der Waals surface area contributed by atoms with Gasteiger partial charge in [0.2, 0.25) is 0 Å². The van der Waals surface area contributed by atoms with Crippen molar-refractivity contribution in [2.24, 2.45) is 5.92 Å². The molecule has 1 fully saturated rings. The number of H-pyrrole nitrogens is 1. The molecule has 1 aliphatic heterocycles. The van der Waals surface area contributed by atoms with Crippen LogP contribution in [0, 0.1) is 5.92 Å². The summed E-state index contributed by atoms with van der Waals surface area (Å²) in [4.78, 5) is 10.0. The van der Waals surface area contributed by atoms with Crippen LogP contribution in [0.25, 0.3) is 0 Å². The number of hydrogen-bond donors (Lipinski definition) is 2. The third-order valence-corrected chi connectivity index (χ3v) is 4.69. The summed E-state index contributed by atoms with van der Waals surface area (Å²) in [7, 11) is 0. The third-order valence-electron chi connectivity index (χ3n) is 4.69. The second-order valence-corrected chi connectivity index (χ2v) is 7.41. The molecule has 2 heterocycles. The molecular weight excluding hydrogens is 296 g/mol. The van der Waals surface area contributed by atoms with Gasteiger partial charge in [0.25, 0.3) is 0 Å². The van der Waals surface area contributed by atoms with Gasteiger partial charge in [0.1, 0.15) is 5.82 Å². The van der Waals surface area contributed by atoms with Gasteiger partial charge >= 0.3 is 0 Å². The van der Waals surface area contributed by atoms with E-state index < -0.39 is 0 Å². The number of nitrogens with one attached hydrogen (secondary N) is 2. The number of nitrogens with zero attached hydrogens (tertiary/aromatic N) is 2. The quantitative estimate of drug-likeness (QED) is 0.820. The second-order valence-electron chi connectivity index (χ2n) is 7.41. The Labute approximate surface area is 145 Å². The summed E-state index contributed by atoms with van der Waals surface area (Å²) in [5.41, 5.74) is 2.87. The Morgan fingerprint density at radius 3 is 2.75 bits per heavy atom. The molecule has 0 spiro atoms. The molecule has 1 aliphatic rings. The first kappa shape index (κ1) is 17.2. The van der Waals surface area contributed by atoms with Crippen LogP contribution in [0.5, 0.6) is 0 Å². The molecule has 0 amide bonds. The van der Waals surface area contributed by atoms with E-state index in [1.165, 1.54) is 36.9 Å². The van der Waals surface area contributed by atoms with Crippen molar-refractivity contribution in [3.8, 4) is 0 Å². The fraction of sp³-hybridized carbons (Fsp3) is 0.550. The topological polar surface area (TPSA) is 44.0 Å². The van der Waals surface area contributed by atoms with Crippen molar-refractivity contribution >= 4 is 0 Å². The molecule has 3 rings (SSSR count). The van der Waals surface area contributed by atoms with Crippen LogP contribution in [0.4, 0.5) is 0 Å². The highest BCUT2D eigenvalue weighted by atomic mass is 15.2. The highest BCUT2D eigenvalue weighted by Gasteiger charge is 2.19. The Morgan fingerprint density at radius 2 is 2.04 bits per heavy atom. The minimum atomic E-state index is 0.559. The van der Waals surface area contributed by atoms with Gasteiger partial charge in [-0.25, -0.2) is 4.98 Å². The molecule has 0 radical (unpaired) electrons. The van der Waals surface area contributed by atoms with Crippen LogP contribution in [0.2, 0.25) is 0 Å². The van der Waals surface area contributed by atoms with Crippen molar-refractivity contribution in [3.63, 3.8) is 0 Å². The van der Waals surface area contributed by atoms with Crippen LogP contribution in [-0.4, -0.2) is 34.0 Å². The SMILES string of the molecule is CC(C)Cc1ccc(CN2CCCC(NCc3ncc[nH]3)C2)cc1. The Morgan fingerprint density at radius 1 is 1.25 bits per heavy atom. The van der Waals surface area contributed by atoms with E-state index in [2.05, 4.69) is 58.3 Å². The minimum Gasteiger partial charge on any atom is -0.348 e. The first-order valence-corrected chi connectivity index (χ1v) is 9.21. The van der Waals surface area contributed by atoms with E-state index in [-0.39, 0.29) is 0 Å². The van der Waals surface area contributed by atoms with Crippen LogP contribution >= 0.6 is 0 Å². The van der Waals surface area contributed by atoms with E-state index in [4.69, 9.17) is 0 Å². The van der Waals surface area contributed by atoms with Gasteiger partial charge in [-0.05, 0) is 42.9 Å². The van der Waals surface area contributed by atoms with E-state index >= 15 is 0 Å². The maximum absolute atomic E-state index is 4.28. The molecule has 0 aliphatic carbocycles. The molecule has 1 aromatic heterocycles. The maximum Gasteiger partial charge on any atom is 0.120 e. The summed E-state index contributed by atoms with van der Waals surface area (Å²) in [5.74, 6) is 1.74. The lowest BCUT2D eigenvalue weighted by Gasteiger charge is -2.33. The largest absolute Gasteiger partial charge is 0.348 e. The number of imidazole rings is 1. The number of aromatic amines is 1. The van der Waals surface area contributed by atoms with Crippen LogP contribution in [0.15, 0.2) is 36.7 Å². The molecule has 1 unspecified atom stereocenters. The van der Waals surface area contributed by atoms with Gasteiger partial charge in [-0.3, -0.25) is 4.90 Å². The lowest BCUT2D eigenvalue weighted by atomic mass is 10.0. The predicted octanol–water partition coefficient (Wildman–Crippen LogP) is 3.36. The second kappa shape index (κ2) is 8.45. The monoisotopic (exact) mass is 326 g/mol. The average Bonchev–Trinajstić information content (AvgIpc) is 3.08. The molecule has 1 atom stereocenters. The summed E-state index contributed by atoms with van der Waals surface area (Å²) >= 11 is 0. The molecule has 130 valence electrons. The van der Waals surface area contributed by atoms with Crippen molar-refractivity contribution in [2.75, 3.05) is 13.1 Å². The number of benzene rings is 1. The first-order chi connectivity index (χ1) is 11.7. The van der Waals surface area contributed by atoms with Gasteiger partial charge in [-0.15, -0.1) is 0 Å². The van der Waals surface area contributed by atoms with E-state index in [1.807, 2.05) is 12.4 Å². The predicted molar refractivity (Wildman–Crippen MR) is 98.7 cm³/mol. The maximum atomic E-state index is 4.28. The molecule has 4 heteroatoms. The first-order valence-electron chi connectivity index (χ1n) is 9.21. The number of hydrogen-bond acceptors (Lipinski definition) is 3. The fourth-order valence-corrected chi connectivity index (χ4v) is 3.51. The van der Waals surface area contributed by atoms with Gasteiger partial charge < -0.3 is 10.3 Å². The lowest BCUT2D eigenvalue weighted by molar-refractivity contribution is 0.182. The normalized spacial score (nSPS) is 19.0. The molecule has 2 N–H and O–H groups in total. The smallest absolute Gasteiger partial charge is 0.120 e. The zero-order chi connectivity index (χ0) is 16.8. The van der Waals surface area contributed by atoms with E-state index in [9.17, 15) is 0 Å². The molecule has 24 heavy (non-hydrogen) atoms. The van der Waals surface area contributed by atoms with Gasteiger partial charge in [0, 0.05) is 31.5 Å². The zero-order valence-electron chi connectivity index (χ0n) is 15.0. The highest BCUT2D eigenvalue weighted by molar-refractivity contribution is 5.23. The number of rotatable bonds is 7. The van der Waals surface area contributed by atoms with Crippen LogP contribution in [-0.2, 0) is 19.5 Å². The minimum absolute atomic E-state index is 0.559. The Bertz CT molecular complexity index is 589. The molecular formula is C20H30N4. The molecule has 4 nitrogen and oxygen atoms in total. The van der Waals surface area contributed by atoms with Gasteiger partial charge in [0.05, 0.1) is 6.54 Å². The fourth-order valence-electron chi connectivity index (χ4n) is 3.51. The van der Waals surface area contributed by atoms with Crippen LogP contribution < -0.4 is 5.32 Å². The van der Waals surface area contributed by atoms with E-state index in [1.54, 1.807) is 0 Å². The van der Waals surface area contributed by atoms with Crippen molar-refractivity contribution in [1.82, 2.24) is 20.2 Å². The van der Waals surface area contributed by atoms with Gasteiger partial charge in [-0.1, -0.05) is 38.1 Å². The van der Waals surface area contributed by atoms with Crippen molar-refractivity contribution in [2.45, 2.75) is 52.2 Å². The van der Waals surface area contributed by atoms with Crippen LogP contribution in [0.1, 0.15) is 43.6 Å². The van der Waals surface area contributed by atoms with Gasteiger partial charge in [-0.2, -0.15) is 0 Å². The van der Waals surface area contributed by atoms with Crippen molar-refractivity contribution in [3.05, 3.63) is 53.6 Å². The number of likely N-dealkylation sites (tertiary alicyclic amines) is 1. The summed E-state index contributed by atoms with van der Waals surface area (Å²) < 4.78 is 0. The summed E-state index contributed by atoms with van der Waals surface area (Å²) in [6.45, 7) is 8.76. The number of aromatic nitrogens is 2. The van der Waals surface area contributed by atoms with E-state index in [0.29, 0.717) is 6.04 Å². The lowest BCUT2D eigenvalue weighted by Crippen LogP contribution is -2.45. The van der Waals surface area contributed by atoms with Crippen LogP contribution in [0.3, 0.4) is 0 Å². The molecule has 0 saturated carbocycles. The van der Waals surface area contributed by atoms with Crippen molar-refractivity contribution < 1.29 is 0 Å². The highest BCUT2D eigenvalue weighted by Crippen LogP contribution is 2.16. The summed E-state index contributed by atoms with van der Waals surface area (Å²) in [6, 6.07) is 9.76. The molecule has 2 aromatic rings. The van der Waals surface area contributed by atoms with Crippen molar-refractivity contribution in [1.29, 1.82) is 0 Å².